The summed E-state index contributed by atoms with van der Waals surface area (Å²) in [4.78, 5) is 15.5. The van der Waals surface area contributed by atoms with Gasteiger partial charge in [0.1, 0.15) is 5.69 Å². The maximum absolute atomic E-state index is 11.2. The van der Waals surface area contributed by atoms with Gasteiger partial charge in [-0.1, -0.05) is 41.4 Å². The molecule has 0 spiro atoms. The van der Waals surface area contributed by atoms with Crippen molar-refractivity contribution in [3.63, 3.8) is 0 Å². The summed E-state index contributed by atoms with van der Waals surface area (Å²) in [6, 6.07) is 16.1. The van der Waals surface area contributed by atoms with Crippen LogP contribution in [0.1, 0.15) is 21.7 Å². The Morgan fingerprint density at radius 3 is 2.63 bits per heavy atom. The van der Waals surface area contributed by atoms with Crippen molar-refractivity contribution in [2.75, 3.05) is 0 Å². The van der Waals surface area contributed by atoms with Gasteiger partial charge in [0.05, 0.1) is 16.2 Å². The van der Waals surface area contributed by atoms with E-state index in [0.717, 1.165) is 22.3 Å². The molecule has 0 aliphatic heterocycles. The van der Waals surface area contributed by atoms with Gasteiger partial charge in [-0.05, 0) is 36.4 Å². The van der Waals surface area contributed by atoms with Gasteiger partial charge in [-0.25, -0.2) is 14.3 Å². The Balaban J connectivity index is 1.89. The first-order valence-corrected chi connectivity index (χ1v) is 8.89. The minimum atomic E-state index is -1.06. The second-order valence-electron chi connectivity index (χ2n) is 6.01. The summed E-state index contributed by atoms with van der Waals surface area (Å²) in [5, 5.41) is 15.0. The summed E-state index contributed by atoms with van der Waals surface area (Å²) in [6.07, 6.45) is 2.16. The number of rotatable bonds is 4. The van der Waals surface area contributed by atoms with Crippen molar-refractivity contribution in [3.8, 4) is 11.3 Å². The van der Waals surface area contributed by atoms with E-state index in [1.54, 1.807) is 35.0 Å². The SMILES string of the molecule is O=C(O)c1cccc(Cc2c(-c3cccc(Cl)c3)nn3cc(Cl)ccc23)n1. The molecule has 27 heavy (non-hydrogen) atoms. The number of carboxylic acid groups (broad SMARTS) is 1. The average molecular weight is 398 g/mol. The summed E-state index contributed by atoms with van der Waals surface area (Å²) in [6.45, 7) is 0. The highest BCUT2D eigenvalue weighted by molar-refractivity contribution is 6.31. The topological polar surface area (TPSA) is 67.5 Å². The Morgan fingerprint density at radius 2 is 1.85 bits per heavy atom. The first-order valence-electron chi connectivity index (χ1n) is 8.13. The number of halogens is 2. The number of hydrogen-bond acceptors (Lipinski definition) is 3. The van der Waals surface area contributed by atoms with Crippen molar-refractivity contribution >= 4 is 34.7 Å². The van der Waals surface area contributed by atoms with Crippen molar-refractivity contribution in [2.45, 2.75) is 6.42 Å². The Kier molecular flexibility index (Phi) is 4.56. The lowest BCUT2D eigenvalue weighted by Gasteiger charge is -2.05. The van der Waals surface area contributed by atoms with Crippen molar-refractivity contribution in [2.24, 2.45) is 0 Å². The normalized spacial score (nSPS) is 11.0. The fraction of sp³-hybridized carbons (Fsp3) is 0.0500. The summed E-state index contributed by atoms with van der Waals surface area (Å²) < 4.78 is 1.72. The molecule has 0 bridgehead atoms. The van der Waals surface area contributed by atoms with Crippen LogP contribution in [0.25, 0.3) is 16.8 Å². The molecule has 0 fully saturated rings. The molecular formula is C20H13Cl2N3O2. The van der Waals surface area contributed by atoms with Gasteiger partial charge in [0.2, 0.25) is 0 Å². The van der Waals surface area contributed by atoms with Crippen LogP contribution in [0.4, 0.5) is 0 Å². The third-order valence-corrected chi connectivity index (χ3v) is 4.64. The number of carboxylic acids is 1. The number of nitrogens with zero attached hydrogens (tertiary/aromatic N) is 3. The largest absolute Gasteiger partial charge is 0.477 e. The van der Waals surface area contributed by atoms with E-state index in [2.05, 4.69) is 10.1 Å². The van der Waals surface area contributed by atoms with E-state index in [0.29, 0.717) is 22.2 Å². The maximum Gasteiger partial charge on any atom is 0.354 e. The zero-order valence-corrected chi connectivity index (χ0v) is 15.4. The highest BCUT2D eigenvalue weighted by Gasteiger charge is 2.17. The quantitative estimate of drug-likeness (QED) is 0.526. The fourth-order valence-corrected chi connectivity index (χ4v) is 3.34. The fourth-order valence-electron chi connectivity index (χ4n) is 3.00. The number of hydrogen-bond donors (Lipinski definition) is 1. The van der Waals surface area contributed by atoms with E-state index < -0.39 is 5.97 Å². The van der Waals surface area contributed by atoms with Crippen molar-refractivity contribution < 1.29 is 9.90 Å². The number of fused-ring (bicyclic) bond motifs is 1. The number of pyridine rings is 2. The highest BCUT2D eigenvalue weighted by Crippen LogP contribution is 2.30. The Morgan fingerprint density at radius 1 is 1.04 bits per heavy atom. The van der Waals surface area contributed by atoms with Crippen LogP contribution in [0.15, 0.2) is 60.8 Å². The van der Waals surface area contributed by atoms with E-state index in [1.165, 1.54) is 6.07 Å². The molecule has 134 valence electrons. The number of aromatic nitrogens is 3. The molecule has 0 saturated carbocycles. The molecule has 1 aromatic carbocycles. The molecule has 0 aliphatic carbocycles. The molecule has 3 heterocycles. The first-order chi connectivity index (χ1) is 13.0. The molecule has 5 nitrogen and oxygen atoms in total. The summed E-state index contributed by atoms with van der Waals surface area (Å²) in [7, 11) is 0. The van der Waals surface area contributed by atoms with Gasteiger partial charge >= 0.3 is 5.97 Å². The van der Waals surface area contributed by atoms with Crippen LogP contribution < -0.4 is 0 Å². The minimum Gasteiger partial charge on any atom is -0.477 e. The molecule has 1 N–H and O–H groups in total. The lowest BCUT2D eigenvalue weighted by Crippen LogP contribution is -2.03. The van der Waals surface area contributed by atoms with E-state index >= 15 is 0 Å². The molecule has 0 atom stereocenters. The van der Waals surface area contributed by atoms with Crippen molar-refractivity contribution in [1.82, 2.24) is 14.6 Å². The van der Waals surface area contributed by atoms with E-state index in [-0.39, 0.29) is 5.69 Å². The van der Waals surface area contributed by atoms with Crippen LogP contribution in [-0.2, 0) is 6.42 Å². The van der Waals surface area contributed by atoms with Gasteiger partial charge in [0.15, 0.2) is 0 Å². The molecule has 7 heteroatoms. The van der Waals surface area contributed by atoms with E-state index in [4.69, 9.17) is 23.2 Å². The zero-order valence-electron chi connectivity index (χ0n) is 13.9. The predicted molar refractivity (Wildman–Crippen MR) is 105 cm³/mol. The maximum atomic E-state index is 11.2. The lowest BCUT2D eigenvalue weighted by molar-refractivity contribution is 0.0690. The van der Waals surface area contributed by atoms with Gasteiger partial charge in [0, 0.05) is 34.5 Å². The zero-order chi connectivity index (χ0) is 19.0. The molecule has 0 radical (unpaired) electrons. The first kappa shape index (κ1) is 17.5. The van der Waals surface area contributed by atoms with Crippen molar-refractivity contribution in [1.29, 1.82) is 0 Å². The van der Waals surface area contributed by atoms with Gasteiger partial charge in [-0.2, -0.15) is 5.10 Å². The molecular weight excluding hydrogens is 385 g/mol. The molecule has 0 unspecified atom stereocenters. The number of carbonyl (C=O) groups is 1. The Hall–Kier alpha value is -2.89. The van der Waals surface area contributed by atoms with E-state index in [1.807, 2.05) is 24.3 Å². The van der Waals surface area contributed by atoms with Gasteiger partial charge in [-0.3, -0.25) is 0 Å². The van der Waals surface area contributed by atoms with Crippen LogP contribution >= 0.6 is 23.2 Å². The lowest BCUT2D eigenvalue weighted by atomic mass is 10.0. The summed E-state index contributed by atoms with van der Waals surface area (Å²) >= 11 is 12.3. The Labute approximate surface area is 164 Å². The summed E-state index contributed by atoms with van der Waals surface area (Å²) in [5.41, 5.74) is 4.06. The molecule has 0 aliphatic rings. The number of benzene rings is 1. The third-order valence-electron chi connectivity index (χ3n) is 4.18. The van der Waals surface area contributed by atoms with Crippen LogP contribution in [-0.4, -0.2) is 25.7 Å². The molecule has 4 rings (SSSR count). The molecule has 0 saturated heterocycles. The molecule has 3 aromatic heterocycles. The second-order valence-corrected chi connectivity index (χ2v) is 6.88. The van der Waals surface area contributed by atoms with Gasteiger partial charge in [0.25, 0.3) is 0 Å². The van der Waals surface area contributed by atoms with Crippen LogP contribution in [0.5, 0.6) is 0 Å². The minimum absolute atomic E-state index is 0.0105. The standard InChI is InChI=1S/C20H13Cl2N3O2/c21-13-4-1-3-12(9-13)19-16(18-8-7-14(22)11-25(18)24-19)10-15-5-2-6-17(23-15)20(26)27/h1-9,11H,10H2,(H,26,27). The predicted octanol–water partition coefficient (Wildman–Crippen LogP) is 4.99. The monoisotopic (exact) mass is 397 g/mol. The van der Waals surface area contributed by atoms with E-state index in [9.17, 15) is 9.90 Å². The summed E-state index contributed by atoms with van der Waals surface area (Å²) in [5.74, 6) is -1.06. The smallest absolute Gasteiger partial charge is 0.354 e. The average Bonchev–Trinajstić information content (AvgIpc) is 2.99. The molecule has 4 aromatic rings. The van der Waals surface area contributed by atoms with Gasteiger partial charge < -0.3 is 5.11 Å². The van der Waals surface area contributed by atoms with Gasteiger partial charge in [-0.15, -0.1) is 0 Å². The van der Waals surface area contributed by atoms with Crippen LogP contribution in [0.3, 0.4) is 0 Å². The number of aromatic carboxylic acids is 1. The van der Waals surface area contributed by atoms with Crippen LogP contribution in [0, 0.1) is 0 Å². The van der Waals surface area contributed by atoms with Crippen LogP contribution in [0.2, 0.25) is 10.0 Å². The Bertz CT molecular complexity index is 1170. The van der Waals surface area contributed by atoms with Crippen molar-refractivity contribution in [3.05, 3.63) is 87.8 Å². The third kappa shape index (κ3) is 3.52. The highest BCUT2D eigenvalue weighted by atomic mass is 35.5. The molecule has 0 amide bonds. The second kappa shape index (κ2) is 7.02.